The van der Waals surface area contributed by atoms with E-state index < -0.39 is 6.36 Å². The lowest BCUT2D eigenvalue weighted by Crippen LogP contribution is -2.47. The Kier molecular flexibility index (Phi) is 6.93. The van der Waals surface area contributed by atoms with Crippen molar-refractivity contribution in [1.82, 2.24) is 29.7 Å². The van der Waals surface area contributed by atoms with Crippen LogP contribution in [0.4, 0.5) is 13.2 Å². The summed E-state index contributed by atoms with van der Waals surface area (Å²) in [4.78, 5) is 18.5. The zero-order valence-corrected chi connectivity index (χ0v) is 17.0. The van der Waals surface area contributed by atoms with E-state index in [1.54, 1.807) is 27.9 Å². The minimum Gasteiger partial charge on any atom is -0.406 e. The second-order valence-electron chi connectivity index (χ2n) is 7.39. The minimum absolute atomic E-state index is 0.108. The molecular formula is C19H25F3N6O2. The fourth-order valence-electron chi connectivity index (χ4n) is 3.14. The number of rotatable bonds is 7. The van der Waals surface area contributed by atoms with Crippen LogP contribution < -0.4 is 4.74 Å². The van der Waals surface area contributed by atoms with E-state index in [1.807, 2.05) is 19.0 Å². The van der Waals surface area contributed by atoms with Crippen molar-refractivity contribution in [3.63, 3.8) is 0 Å². The number of hydrogen-bond acceptors (Lipinski definition) is 6. The van der Waals surface area contributed by atoms with E-state index in [-0.39, 0.29) is 11.7 Å². The van der Waals surface area contributed by atoms with Gasteiger partial charge in [0.25, 0.3) is 5.91 Å². The highest BCUT2D eigenvalue weighted by molar-refractivity contribution is 5.92. The maximum Gasteiger partial charge on any atom is 0.573 e. The molecule has 0 aliphatic carbocycles. The van der Waals surface area contributed by atoms with Crippen LogP contribution in [0, 0.1) is 0 Å². The molecule has 3 rings (SSSR count). The molecule has 0 unspecified atom stereocenters. The molecule has 1 aromatic heterocycles. The van der Waals surface area contributed by atoms with Gasteiger partial charge in [-0.15, -0.1) is 18.3 Å². The van der Waals surface area contributed by atoms with Gasteiger partial charge in [0.2, 0.25) is 0 Å². The van der Waals surface area contributed by atoms with Gasteiger partial charge in [0, 0.05) is 39.3 Å². The molecule has 1 fully saturated rings. The Morgan fingerprint density at radius 2 is 1.83 bits per heavy atom. The van der Waals surface area contributed by atoms with Crippen LogP contribution in [0.2, 0.25) is 0 Å². The van der Waals surface area contributed by atoms with Crippen LogP contribution in [0.15, 0.2) is 30.5 Å². The van der Waals surface area contributed by atoms with Gasteiger partial charge in [-0.3, -0.25) is 9.48 Å². The van der Waals surface area contributed by atoms with Gasteiger partial charge in [-0.05, 0) is 31.8 Å². The molecule has 2 heterocycles. The largest absolute Gasteiger partial charge is 0.573 e. The first-order chi connectivity index (χ1) is 14.2. The number of benzene rings is 1. The van der Waals surface area contributed by atoms with Gasteiger partial charge in [0.15, 0.2) is 5.69 Å². The monoisotopic (exact) mass is 426 g/mol. The van der Waals surface area contributed by atoms with Gasteiger partial charge in [-0.25, -0.2) is 0 Å². The van der Waals surface area contributed by atoms with Crippen LogP contribution in [-0.4, -0.2) is 88.8 Å². The molecule has 0 radical (unpaired) electrons. The van der Waals surface area contributed by atoms with Gasteiger partial charge in [0.05, 0.1) is 12.7 Å². The van der Waals surface area contributed by atoms with Crippen LogP contribution in [0.25, 0.3) is 0 Å². The molecule has 1 aromatic carbocycles. The average Bonchev–Trinajstić information content (AvgIpc) is 3.16. The quantitative estimate of drug-likeness (QED) is 0.672. The summed E-state index contributed by atoms with van der Waals surface area (Å²) in [6.07, 6.45) is -3.04. The predicted molar refractivity (Wildman–Crippen MR) is 103 cm³/mol. The molecule has 11 heteroatoms. The van der Waals surface area contributed by atoms with Crippen molar-refractivity contribution in [3.05, 3.63) is 41.7 Å². The molecule has 0 atom stereocenters. The van der Waals surface area contributed by atoms with Crippen molar-refractivity contribution >= 4 is 5.91 Å². The van der Waals surface area contributed by atoms with Gasteiger partial charge < -0.3 is 19.4 Å². The summed E-state index contributed by atoms with van der Waals surface area (Å²) in [7, 11) is 3.92. The number of alkyl halides is 3. The summed E-state index contributed by atoms with van der Waals surface area (Å²) in [6.45, 7) is 4.76. The SMILES string of the molecule is CN1CCN(C(=O)c2cn(CCN(C)Cc3ccc(OC(F)(F)F)cc3)nn2)CC1. The third kappa shape index (κ3) is 6.42. The number of halogens is 3. The normalized spacial score (nSPS) is 15.6. The van der Waals surface area contributed by atoms with E-state index in [4.69, 9.17) is 0 Å². The molecule has 2 aromatic rings. The maximum absolute atomic E-state index is 12.5. The fraction of sp³-hybridized carbons (Fsp3) is 0.526. The van der Waals surface area contributed by atoms with Crippen LogP contribution >= 0.6 is 0 Å². The first kappa shape index (κ1) is 22.0. The molecule has 0 N–H and O–H groups in total. The van der Waals surface area contributed by atoms with E-state index in [1.165, 1.54) is 12.1 Å². The smallest absolute Gasteiger partial charge is 0.406 e. The Morgan fingerprint density at radius 1 is 1.17 bits per heavy atom. The number of ether oxygens (including phenoxy) is 1. The lowest BCUT2D eigenvalue weighted by atomic mass is 10.2. The van der Waals surface area contributed by atoms with Crippen molar-refractivity contribution in [2.45, 2.75) is 19.5 Å². The zero-order chi connectivity index (χ0) is 21.7. The molecule has 1 aliphatic heterocycles. The van der Waals surface area contributed by atoms with Crippen LogP contribution in [-0.2, 0) is 13.1 Å². The molecule has 0 spiro atoms. The Hall–Kier alpha value is -2.66. The predicted octanol–water partition coefficient (Wildman–Crippen LogP) is 1.70. The van der Waals surface area contributed by atoms with Gasteiger partial charge in [0.1, 0.15) is 5.75 Å². The number of nitrogens with zero attached hydrogens (tertiary/aromatic N) is 6. The first-order valence-electron chi connectivity index (χ1n) is 9.61. The molecule has 164 valence electrons. The molecular weight excluding hydrogens is 401 g/mol. The highest BCUT2D eigenvalue weighted by Gasteiger charge is 2.31. The van der Waals surface area contributed by atoms with Crippen molar-refractivity contribution < 1.29 is 22.7 Å². The summed E-state index contributed by atoms with van der Waals surface area (Å²) in [5, 5.41) is 8.03. The van der Waals surface area contributed by atoms with Gasteiger partial charge in [-0.2, -0.15) is 0 Å². The molecule has 8 nitrogen and oxygen atoms in total. The third-order valence-corrected chi connectivity index (χ3v) is 4.87. The summed E-state index contributed by atoms with van der Waals surface area (Å²) >= 11 is 0. The number of carbonyl (C=O) groups is 1. The highest BCUT2D eigenvalue weighted by Crippen LogP contribution is 2.23. The Morgan fingerprint density at radius 3 is 2.47 bits per heavy atom. The molecule has 0 bridgehead atoms. The molecule has 1 saturated heterocycles. The fourth-order valence-corrected chi connectivity index (χ4v) is 3.14. The van der Waals surface area contributed by atoms with E-state index in [0.29, 0.717) is 38.4 Å². The van der Waals surface area contributed by atoms with E-state index in [2.05, 4.69) is 19.9 Å². The summed E-state index contributed by atoms with van der Waals surface area (Å²) < 4.78 is 42.1. The topological polar surface area (TPSA) is 66.7 Å². The highest BCUT2D eigenvalue weighted by atomic mass is 19.4. The Bertz CT molecular complexity index is 832. The van der Waals surface area contributed by atoms with Crippen LogP contribution in [0.3, 0.4) is 0 Å². The lowest BCUT2D eigenvalue weighted by molar-refractivity contribution is -0.274. The second-order valence-corrected chi connectivity index (χ2v) is 7.39. The first-order valence-corrected chi connectivity index (χ1v) is 9.61. The van der Waals surface area contributed by atoms with Gasteiger partial charge in [-0.1, -0.05) is 17.3 Å². The minimum atomic E-state index is -4.69. The molecule has 0 saturated carbocycles. The van der Waals surface area contributed by atoms with Crippen LogP contribution in [0.5, 0.6) is 5.75 Å². The van der Waals surface area contributed by atoms with Crippen molar-refractivity contribution in [1.29, 1.82) is 0 Å². The number of likely N-dealkylation sites (N-methyl/N-ethyl adjacent to an activating group) is 2. The summed E-state index contributed by atoms with van der Waals surface area (Å²) in [5.41, 5.74) is 1.19. The summed E-state index contributed by atoms with van der Waals surface area (Å²) in [5.74, 6) is -0.349. The Labute approximate surface area is 172 Å². The molecule has 1 amide bonds. The average molecular weight is 426 g/mol. The van der Waals surface area contributed by atoms with Crippen molar-refractivity contribution in [3.8, 4) is 5.75 Å². The van der Waals surface area contributed by atoms with Gasteiger partial charge >= 0.3 is 6.36 Å². The van der Waals surface area contributed by atoms with Crippen LogP contribution in [0.1, 0.15) is 16.1 Å². The standard InChI is InChI=1S/C19H25F3N6O2/c1-25-7-10-27(11-8-25)18(29)17-14-28(24-23-17)12-9-26(2)13-15-3-5-16(6-4-15)30-19(20,21)22/h3-6,14H,7-13H2,1-2H3. The number of aromatic nitrogens is 3. The maximum atomic E-state index is 12.5. The third-order valence-electron chi connectivity index (χ3n) is 4.87. The van der Waals surface area contributed by atoms with Crippen molar-refractivity contribution in [2.24, 2.45) is 0 Å². The summed E-state index contributed by atoms with van der Waals surface area (Å²) in [6, 6.07) is 5.79. The number of piperazine rings is 1. The Balaban J connectivity index is 1.46. The van der Waals surface area contributed by atoms with Crippen molar-refractivity contribution in [2.75, 3.05) is 46.8 Å². The number of hydrogen-bond donors (Lipinski definition) is 0. The second kappa shape index (κ2) is 9.43. The van der Waals surface area contributed by atoms with E-state index >= 15 is 0 Å². The molecule has 30 heavy (non-hydrogen) atoms. The lowest BCUT2D eigenvalue weighted by Gasteiger charge is -2.31. The van der Waals surface area contributed by atoms with E-state index in [0.717, 1.165) is 18.7 Å². The zero-order valence-electron chi connectivity index (χ0n) is 17.0. The molecule has 1 aliphatic rings. The number of amides is 1. The van der Waals surface area contributed by atoms with E-state index in [9.17, 15) is 18.0 Å². The number of carbonyl (C=O) groups excluding carboxylic acids is 1.